The molecule has 24 heavy (non-hydrogen) atoms. The summed E-state index contributed by atoms with van der Waals surface area (Å²) in [5.41, 5.74) is 7.09. The summed E-state index contributed by atoms with van der Waals surface area (Å²) in [4.78, 5) is 17.6. The molecule has 2 aromatic heterocycles. The number of rotatable bonds is 5. The van der Waals surface area contributed by atoms with Crippen LogP contribution in [0.25, 0.3) is 0 Å². The Hall–Kier alpha value is -2.05. The topological polar surface area (TPSA) is 71.2 Å². The molecule has 2 N–H and O–H groups in total. The van der Waals surface area contributed by atoms with Gasteiger partial charge >= 0.3 is 0 Å². The summed E-state index contributed by atoms with van der Waals surface area (Å²) in [6.07, 6.45) is 9.08. The molecular weight excluding hydrogens is 300 g/mol. The molecule has 6 nitrogen and oxygen atoms in total. The number of hydrogen-bond acceptors (Lipinski definition) is 6. The summed E-state index contributed by atoms with van der Waals surface area (Å²) in [5.74, 6) is 1.34. The molecule has 1 aliphatic heterocycles. The molecule has 3 rings (SSSR count). The Bertz CT molecular complexity index is 632. The molecule has 3 heterocycles. The summed E-state index contributed by atoms with van der Waals surface area (Å²) in [5, 5.41) is 0. The number of nitrogens with two attached hydrogens (primary N) is 1. The van der Waals surface area contributed by atoms with Gasteiger partial charge in [-0.2, -0.15) is 0 Å². The SMILES string of the molecule is CN(Cc1nccc(N)n1)C1CCCN(Cc2ccncc2)CC1. The van der Waals surface area contributed by atoms with Crippen LogP contribution in [0, 0.1) is 0 Å². The Balaban J connectivity index is 1.53. The molecule has 0 saturated carbocycles. The number of likely N-dealkylation sites (tertiary alicyclic amines) is 1. The van der Waals surface area contributed by atoms with E-state index in [0.29, 0.717) is 11.9 Å². The van der Waals surface area contributed by atoms with E-state index in [1.807, 2.05) is 12.4 Å². The number of aromatic nitrogens is 3. The molecule has 2 aromatic rings. The van der Waals surface area contributed by atoms with Gasteiger partial charge < -0.3 is 5.73 Å². The fraction of sp³-hybridized carbons (Fsp3) is 0.500. The van der Waals surface area contributed by atoms with Crippen molar-refractivity contribution in [3.8, 4) is 0 Å². The van der Waals surface area contributed by atoms with Crippen LogP contribution in [0.2, 0.25) is 0 Å². The maximum Gasteiger partial charge on any atom is 0.144 e. The number of pyridine rings is 1. The largest absolute Gasteiger partial charge is 0.384 e. The second kappa shape index (κ2) is 8.17. The molecule has 0 amide bonds. The monoisotopic (exact) mass is 326 g/mol. The molecule has 1 saturated heterocycles. The second-order valence-corrected chi connectivity index (χ2v) is 6.53. The highest BCUT2D eigenvalue weighted by Crippen LogP contribution is 2.18. The average molecular weight is 326 g/mol. The molecular formula is C18H26N6. The zero-order valence-electron chi connectivity index (χ0n) is 14.3. The third-order valence-electron chi connectivity index (χ3n) is 4.69. The van der Waals surface area contributed by atoms with Crippen LogP contribution in [0.4, 0.5) is 5.82 Å². The first kappa shape index (κ1) is 16.8. The fourth-order valence-corrected chi connectivity index (χ4v) is 3.33. The van der Waals surface area contributed by atoms with Crippen LogP contribution < -0.4 is 5.73 Å². The quantitative estimate of drug-likeness (QED) is 0.905. The van der Waals surface area contributed by atoms with Crippen molar-refractivity contribution in [3.63, 3.8) is 0 Å². The molecule has 0 spiro atoms. The first-order valence-corrected chi connectivity index (χ1v) is 8.59. The molecule has 0 aliphatic carbocycles. The van der Waals surface area contributed by atoms with E-state index in [4.69, 9.17) is 5.73 Å². The van der Waals surface area contributed by atoms with Crippen molar-refractivity contribution >= 4 is 5.82 Å². The molecule has 0 bridgehead atoms. The minimum Gasteiger partial charge on any atom is -0.384 e. The highest BCUT2D eigenvalue weighted by atomic mass is 15.2. The summed E-state index contributed by atoms with van der Waals surface area (Å²) >= 11 is 0. The molecule has 1 fully saturated rings. The molecule has 1 unspecified atom stereocenters. The number of hydrogen-bond donors (Lipinski definition) is 1. The van der Waals surface area contributed by atoms with Crippen molar-refractivity contribution in [2.75, 3.05) is 25.9 Å². The Morgan fingerprint density at radius 3 is 2.79 bits per heavy atom. The van der Waals surface area contributed by atoms with Gasteiger partial charge in [-0.15, -0.1) is 0 Å². The first-order valence-electron chi connectivity index (χ1n) is 8.59. The van der Waals surface area contributed by atoms with Gasteiger partial charge in [0.25, 0.3) is 0 Å². The normalized spacial score (nSPS) is 19.3. The van der Waals surface area contributed by atoms with Gasteiger partial charge in [0.05, 0.1) is 6.54 Å². The van der Waals surface area contributed by atoms with Gasteiger partial charge in [0, 0.05) is 31.2 Å². The van der Waals surface area contributed by atoms with Crippen LogP contribution in [-0.4, -0.2) is 50.9 Å². The van der Waals surface area contributed by atoms with E-state index < -0.39 is 0 Å². The van der Waals surface area contributed by atoms with Crippen molar-refractivity contribution in [2.45, 2.75) is 38.4 Å². The molecule has 0 radical (unpaired) electrons. The van der Waals surface area contributed by atoms with E-state index in [0.717, 1.165) is 32.0 Å². The third-order valence-corrected chi connectivity index (χ3v) is 4.69. The van der Waals surface area contributed by atoms with Crippen LogP contribution in [-0.2, 0) is 13.1 Å². The van der Waals surface area contributed by atoms with Crippen LogP contribution in [0.15, 0.2) is 36.8 Å². The smallest absolute Gasteiger partial charge is 0.144 e. The van der Waals surface area contributed by atoms with Gasteiger partial charge in [-0.05, 0) is 63.2 Å². The lowest BCUT2D eigenvalue weighted by atomic mass is 10.1. The van der Waals surface area contributed by atoms with Gasteiger partial charge in [-0.1, -0.05) is 0 Å². The van der Waals surface area contributed by atoms with E-state index >= 15 is 0 Å². The summed E-state index contributed by atoms with van der Waals surface area (Å²) in [7, 11) is 2.16. The van der Waals surface area contributed by atoms with Gasteiger partial charge in [-0.25, -0.2) is 9.97 Å². The Morgan fingerprint density at radius 1 is 1.17 bits per heavy atom. The van der Waals surface area contributed by atoms with Crippen molar-refractivity contribution in [2.24, 2.45) is 0 Å². The van der Waals surface area contributed by atoms with E-state index in [9.17, 15) is 0 Å². The lowest BCUT2D eigenvalue weighted by Gasteiger charge is -2.26. The maximum atomic E-state index is 5.75. The molecule has 6 heteroatoms. The Morgan fingerprint density at radius 2 is 2.00 bits per heavy atom. The van der Waals surface area contributed by atoms with Crippen molar-refractivity contribution < 1.29 is 0 Å². The van der Waals surface area contributed by atoms with Crippen molar-refractivity contribution in [1.29, 1.82) is 0 Å². The fourth-order valence-electron chi connectivity index (χ4n) is 3.33. The summed E-state index contributed by atoms with van der Waals surface area (Å²) in [6, 6.07) is 6.50. The molecule has 1 aliphatic rings. The van der Waals surface area contributed by atoms with Crippen LogP contribution in [0.5, 0.6) is 0 Å². The predicted molar refractivity (Wildman–Crippen MR) is 95.1 cm³/mol. The van der Waals surface area contributed by atoms with Crippen molar-refractivity contribution in [3.05, 3.63) is 48.2 Å². The lowest BCUT2D eigenvalue weighted by Crippen LogP contribution is -2.33. The highest BCUT2D eigenvalue weighted by Gasteiger charge is 2.21. The predicted octanol–water partition coefficient (Wildman–Crippen LogP) is 1.94. The van der Waals surface area contributed by atoms with Crippen LogP contribution >= 0.6 is 0 Å². The summed E-state index contributed by atoms with van der Waals surface area (Å²) in [6.45, 7) is 4.04. The lowest BCUT2D eigenvalue weighted by molar-refractivity contribution is 0.202. The summed E-state index contributed by atoms with van der Waals surface area (Å²) < 4.78 is 0. The Kier molecular flexibility index (Phi) is 5.72. The minimum absolute atomic E-state index is 0.540. The van der Waals surface area contributed by atoms with Gasteiger partial charge in [-0.3, -0.25) is 14.8 Å². The first-order chi connectivity index (χ1) is 11.7. The zero-order valence-corrected chi connectivity index (χ0v) is 14.3. The second-order valence-electron chi connectivity index (χ2n) is 6.53. The molecule has 1 atom stereocenters. The van der Waals surface area contributed by atoms with E-state index in [2.05, 4.69) is 43.9 Å². The van der Waals surface area contributed by atoms with E-state index in [1.54, 1.807) is 12.3 Å². The third kappa shape index (κ3) is 4.72. The maximum absolute atomic E-state index is 5.75. The Labute approximate surface area is 143 Å². The number of anilines is 1. The highest BCUT2D eigenvalue weighted by molar-refractivity contribution is 5.24. The van der Waals surface area contributed by atoms with Crippen LogP contribution in [0.3, 0.4) is 0 Å². The minimum atomic E-state index is 0.540. The van der Waals surface area contributed by atoms with Crippen LogP contribution in [0.1, 0.15) is 30.7 Å². The average Bonchev–Trinajstić information content (AvgIpc) is 2.81. The van der Waals surface area contributed by atoms with Crippen molar-refractivity contribution in [1.82, 2.24) is 24.8 Å². The standard InChI is InChI=1S/C18H26N6/c1-23(14-18-21-10-6-17(19)22-18)16-3-2-11-24(12-7-16)13-15-4-8-20-9-5-15/h4-6,8-10,16H,2-3,7,11-14H2,1H3,(H2,19,21,22). The number of nitrogen functional groups attached to an aromatic ring is 1. The molecule has 0 aromatic carbocycles. The van der Waals surface area contributed by atoms with Gasteiger partial charge in [0.1, 0.15) is 11.6 Å². The molecule has 128 valence electrons. The van der Waals surface area contributed by atoms with Gasteiger partial charge in [0.15, 0.2) is 0 Å². The zero-order chi connectivity index (χ0) is 16.8. The van der Waals surface area contributed by atoms with E-state index in [1.165, 1.54) is 24.8 Å². The number of nitrogens with zero attached hydrogens (tertiary/aromatic N) is 5. The van der Waals surface area contributed by atoms with E-state index in [-0.39, 0.29) is 0 Å². The van der Waals surface area contributed by atoms with Gasteiger partial charge in [0.2, 0.25) is 0 Å².